The van der Waals surface area contributed by atoms with Crippen LogP contribution in [0, 0.1) is 6.42 Å². The highest BCUT2D eigenvalue weighted by Gasteiger charge is 2.18. The molecule has 1 saturated heterocycles. The fourth-order valence-electron chi connectivity index (χ4n) is 1.20. The smallest absolute Gasteiger partial charge is 0.156 e. The molecule has 1 unspecified atom stereocenters. The van der Waals surface area contributed by atoms with Gasteiger partial charge in [0.25, 0.3) is 0 Å². The van der Waals surface area contributed by atoms with E-state index in [-0.39, 0.29) is 0 Å². The normalized spacial score (nSPS) is 24.7. The predicted octanol–water partition coefficient (Wildman–Crippen LogP) is 1.60. The molecule has 0 aromatic carbocycles. The van der Waals surface area contributed by atoms with Gasteiger partial charge in [0.1, 0.15) is 0 Å². The van der Waals surface area contributed by atoms with Gasteiger partial charge in [0.05, 0.1) is 0 Å². The first-order chi connectivity index (χ1) is 4.34. The molecule has 1 aliphatic rings. The first kappa shape index (κ1) is 7.00. The second kappa shape index (κ2) is 3.16. The summed E-state index contributed by atoms with van der Waals surface area (Å²) in [6.07, 6.45) is 3.13. The third-order valence-electron chi connectivity index (χ3n) is 1.76. The zero-order valence-corrected chi connectivity index (χ0v) is 5.81. The summed E-state index contributed by atoms with van der Waals surface area (Å²) in [4.78, 5) is 1.86. The maximum atomic E-state index is 12.7. The summed E-state index contributed by atoms with van der Waals surface area (Å²) >= 11 is 0. The van der Waals surface area contributed by atoms with Crippen LogP contribution in [0.3, 0.4) is 0 Å². The molecule has 0 spiro atoms. The van der Waals surface area contributed by atoms with E-state index in [9.17, 15) is 4.39 Å². The average molecular weight is 130 g/mol. The lowest BCUT2D eigenvalue weighted by Crippen LogP contribution is -2.28. The minimum Gasteiger partial charge on any atom is -0.274 e. The van der Waals surface area contributed by atoms with E-state index < -0.39 is 6.30 Å². The molecule has 1 nitrogen and oxygen atoms in total. The van der Waals surface area contributed by atoms with Crippen molar-refractivity contribution in [2.75, 3.05) is 13.1 Å². The van der Waals surface area contributed by atoms with Gasteiger partial charge in [0.15, 0.2) is 6.30 Å². The fourth-order valence-corrected chi connectivity index (χ4v) is 1.20. The van der Waals surface area contributed by atoms with E-state index in [1.807, 2.05) is 4.90 Å². The molecule has 1 aliphatic heterocycles. The molecule has 0 amide bonds. The molecule has 0 bridgehead atoms. The maximum Gasteiger partial charge on any atom is 0.156 e. The van der Waals surface area contributed by atoms with E-state index in [0.29, 0.717) is 0 Å². The molecular weight excluding hydrogens is 117 g/mol. The molecule has 53 valence electrons. The van der Waals surface area contributed by atoms with Crippen LogP contribution in [0.2, 0.25) is 0 Å². The number of alkyl halides is 1. The van der Waals surface area contributed by atoms with Crippen LogP contribution in [-0.2, 0) is 0 Å². The van der Waals surface area contributed by atoms with Gasteiger partial charge in [-0.3, -0.25) is 4.90 Å². The fraction of sp³-hybridized carbons (Fsp3) is 0.857. The summed E-state index contributed by atoms with van der Waals surface area (Å²) in [5, 5.41) is 0. The Morgan fingerprint density at radius 3 is 2.44 bits per heavy atom. The van der Waals surface area contributed by atoms with Crippen molar-refractivity contribution >= 4 is 0 Å². The molecule has 1 fully saturated rings. The van der Waals surface area contributed by atoms with Gasteiger partial charge < -0.3 is 0 Å². The van der Waals surface area contributed by atoms with Crippen molar-refractivity contribution in [1.82, 2.24) is 4.90 Å². The second-order valence-electron chi connectivity index (χ2n) is 2.45. The number of halogens is 1. The predicted molar refractivity (Wildman–Crippen MR) is 35.7 cm³/mol. The Balaban J connectivity index is 2.24. The molecule has 0 aliphatic carbocycles. The topological polar surface area (TPSA) is 3.24 Å². The van der Waals surface area contributed by atoms with Gasteiger partial charge in [-0.2, -0.15) is 0 Å². The van der Waals surface area contributed by atoms with Gasteiger partial charge in [0, 0.05) is 19.5 Å². The molecule has 1 heterocycles. The first-order valence-corrected chi connectivity index (χ1v) is 3.52. The van der Waals surface area contributed by atoms with Crippen molar-refractivity contribution in [2.24, 2.45) is 0 Å². The minimum atomic E-state index is -0.799. The Hall–Kier alpha value is -0.110. The van der Waals surface area contributed by atoms with Crippen LogP contribution < -0.4 is 0 Å². The van der Waals surface area contributed by atoms with Gasteiger partial charge in [-0.15, -0.1) is 0 Å². The zero-order chi connectivity index (χ0) is 6.69. The highest BCUT2D eigenvalue weighted by atomic mass is 19.1. The van der Waals surface area contributed by atoms with E-state index in [0.717, 1.165) is 25.9 Å². The van der Waals surface area contributed by atoms with Gasteiger partial charge in [-0.25, -0.2) is 4.39 Å². The number of likely N-dealkylation sites (tertiary alicyclic amines) is 1. The number of hydrogen-bond acceptors (Lipinski definition) is 1. The van der Waals surface area contributed by atoms with Gasteiger partial charge in [-0.05, 0) is 12.8 Å². The largest absolute Gasteiger partial charge is 0.274 e. The van der Waals surface area contributed by atoms with Crippen LogP contribution in [0.1, 0.15) is 19.8 Å². The Labute approximate surface area is 55.8 Å². The van der Waals surface area contributed by atoms with Gasteiger partial charge >= 0.3 is 0 Å². The van der Waals surface area contributed by atoms with Crippen molar-refractivity contribution in [1.29, 1.82) is 0 Å². The van der Waals surface area contributed by atoms with Crippen LogP contribution in [-0.4, -0.2) is 24.3 Å². The molecule has 1 atom stereocenters. The van der Waals surface area contributed by atoms with Crippen molar-refractivity contribution in [3.8, 4) is 0 Å². The summed E-state index contributed by atoms with van der Waals surface area (Å²) < 4.78 is 12.7. The van der Waals surface area contributed by atoms with Crippen molar-refractivity contribution in [2.45, 2.75) is 26.1 Å². The lowest BCUT2D eigenvalue weighted by atomic mass is 10.4. The monoisotopic (exact) mass is 130 g/mol. The molecule has 9 heavy (non-hydrogen) atoms. The standard InChI is InChI=1S/C7H13FN/c1-2-7(8)9-5-3-4-6-9/h2,7H,3-6H2,1H3. The highest BCUT2D eigenvalue weighted by molar-refractivity contribution is 4.76. The summed E-state index contributed by atoms with van der Waals surface area (Å²) in [7, 11) is 0. The van der Waals surface area contributed by atoms with Crippen LogP contribution in [0.5, 0.6) is 0 Å². The molecule has 1 radical (unpaired) electrons. The average Bonchev–Trinajstić information content (AvgIpc) is 2.37. The third kappa shape index (κ3) is 1.65. The summed E-state index contributed by atoms with van der Waals surface area (Å²) in [5.41, 5.74) is 0. The summed E-state index contributed by atoms with van der Waals surface area (Å²) in [6, 6.07) is 0. The van der Waals surface area contributed by atoms with Crippen molar-refractivity contribution < 1.29 is 4.39 Å². The Morgan fingerprint density at radius 1 is 1.44 bits per heavy atom. The molecule has 2 heteroatoms. The van der Waals surface area contributed by atoms with E-state index in [1.54, 1.807) is 13.3 Å². The zero-order valence-electron chi connectivity index (χ0n) is 5.81. The summed E-state index contributed by atoms with van der Waals surface area (Å²) in [5.74, 6) is 0. The van der Waals surface area contributed by atoms with E-state index in [4.69, 9.17) is 0 Å². The Kier molecular flexibility index (Phi) is 2.46. The highest BCUT2D eigenvalue weighted by Crippen LogP contribution is 2.13. The third-order valence-corrected chi connectivity index (χ3v) is 1.76. The van der Waals surface area contributed by atoms with Crippen molar-refractivity contribution in [3.05, 3.63) is 6.42 Å². The number of nitrogens with zero attached hydrogens (tertiary/aromatic N) is 1. The lowest BCUT2D eigenvalue weighted by molar-refractivity contribution is 0.138. The first-order valence-electron chi connectivity index (χ1n) is 3.52. The van der Waals surface area contributed by atoms with Gasteiger partial charge in [0.2, 0.25) is 0 Å². The maximum absolute atomic E-state index is 12.7. The van der Waals surface area contributed by atoms with Crippen LogP contribution >= 0.6 is 0 Å². The molecule has 0 aromatic heterocycles. The van der Waals surface area contributed by atoms with Crippen LogP contribution in [0.25, 0.3) is 0 Å². The lowest BCUT2D eigenvalue weighted by Gasteiger charge is -2.17. The molecular formula is C7H13FN. The molecule has 0 aromatic rings. The quantitative estimate of drug-likeness (QED) is 0.513. The van der Waals surface area contributed by atoms with Crippen LogP contribution in [0.4, 0.5) is 4.39 Å². The van der Waals surface area contributed by atoms with Gasteiger partial charge in [-0.1, -0.05) is 6.92 Å². The number of rotatable bonds is 2. The Bertz CT molecular complexity index is 79.0. The van der Waals surface area contributed by atoms with E-state index >= 15 is 0 Å². The molecule has 0 N–H and O–H groups in total. The second-order valence-corrected chi connectivity index (χ2v) is 2.45. The molecule has 0 saturated carbocycles. The minimum absolute atomic E-state index is 0.799. The molecule has 1 rings (SSSR count). The van der Waals surface area contributed by atoms with Crippen molar-refractivity contribution in [3.63, 3.8) is 0 Å². The summed E-state index contributed by atoms with van der Waals surface area (Å²) in [6.45, 7) is 3.64. The SMILES string of the molecule is C[CH]C(F)N1CCCC1. The number of hydrogen-bond donors (Lipinski definition) is 0. The van der Waals surface area contributed by atoms with E-state index in [1.165, 1.54) is 0 Å². The van der Waals surface area contributed by atoms with Crippen LogP contribution in [0.15, 0.2) is 0 Å². The van der Waals surface area contributed by atoms with E-state index in [2.05, 4.69) is 0 Å². The Morgan fingerprint density at radius 2 is 2.00 bits per heavy atom.